The van der Waals surface area contributed by atoms with E-state index >= 15 is 0 Å². The first-order valence-electron chi connectivity index (χ1n) is 5.42. The maximum absolute atomic E-state index is 11.7. The number of thioether (sulfide) groups is 1. The minimum Gasteiger partial charge on any atom is -0.352 e. The summed E-state index contributed by atoms with van der Waals surface area (Å²) in [5, 5.41) is 6.30. The molecule has 1 saturated carbocycles. The van der Waals surface area contributed by atoms with Gasteiger partial charge in [-0.3, -0.25) is 10.1 Å². The van der Waals surface area contributed by atoms with Crippen LogP contribution in [0.4, 0.5) is 0 Å². The lowest BCUT2D eigenvalue weighted by molar-refractivity contribution is -0.122. The molecule has 2 rings (SSSR count). The van der Waals surface area contributed by atoms with Crippen molar-refractivity contribution in [2.75, 3.05) is 11.6 Å². The van der Waals surface area contributed by atoms with Crippen molar-refractivity contribution in [1.82, 2.24) is 10.6 Å². The van der Waals surface area contributed by atoms with Gasteiger partial charge in [0.2, 0.25) is 5.91 Å². The zero-order valence-corrected chi connectivity index (χ0v) is 9.40. The lowest BCUT2D eigenvalue weighted by Gasteiger charge is -2.09. The average molecular weight is 214 g/mol. The third-order valence-electron chi connectivity index (χ3n) is 2.94. The standard InChI is InChI=1S/C10H18N2OS/c1-2-3-7-4-8(7)12-10(13)9-5-14-6-11-9/h7-9,11H,2-6H2,1H3,(H,12,13)/t7?,8?,9-/m1/s1. The molecule has 2 unspecified atom stereocenters. The first-order chi connectivity index (χ1) is 6.81. The summed E-state index contributed by atoms with van der Waals surface area (Å²) in [6, 6.07) is 0.540. The van der Waals surface area contributed by atoms with Crippen LogP contribution in [-0.4, -0.2) is 29.6 Å². The number of carbonyl (C=O) groups is 1. The van der Waals surface area contributed by atoms with E-state index in [0.717, 1.165) is 17.5 Å². The third kappa shape index (κ3) is 2.42. The second-order valence-corrected chi connectivity index (χ2v) is 5.20. The van der Waals surface area contributed by atoms with Gasteiger partial charge in [-0.25, -0.2) is 0 Å². The number of hydrogen-bond acceptors (Lipinski definition) is 3. The van der Waals surface area contributed by atoms with Crippen molar-refractivity contribution in [3.8, 4) is 0 Å². The van der Waals surface area contributed by atoms with E-state index in [1.165, 1.54) is 19.3 Å². The van der Waals surface area contributed by atoms with Gasteiger partial charge in [0.1, 0.15) is 0 Å². The largest absolute Gasteiger partial charge is 0.352 e. The Morgan fingerprint density at radius 3 is 3.14 bits per heavy atom. The van der Waals surface area contributed by atoms with Gasteiger partial charge in [-0.2, -0.15) is 0 Å². The molecule has 0 spiro atoms. The molecule has 1 amide bonds. The Morgan fingerprint density at radius 2 is 2.50 bits per heavy atom. The zero-order valence-electron chi connectivity index (χ0n) is 8.58. The second-order valence-electron chi connectivity index (χ2n) is 4.17. The highest BCUT2D eigenvalue weighted by Crippen LogP contribution is 2.34. The van der Waals surface area contributed by atoms with Crippen molar-refractivity contribution < 1.29 is 4.79 Å². The Morgan fingerprint density at radius 1 is 1.64 bits per heavy atom. The lowest BCUT2D eigenvalue weighted by Crippen LogP contribution is -2.43. The molecule has 1 aliphatic carbocycles. The first-order valence-corrected chi connectivity index (χ1v) is 6.58. The van der Waals surface area contributed by atoms with Crippen LogP contribution in [0.25, 0.3) is 0 Å². The smallest absolute Gasteiger partial charge is 0.238 e. The van der Waals surface area contributed by atoms with Crippen LogP contribution in [0.3, 0.4) is 0 Å². The summed E-state index contributed by atoms with van der Waals surface area (Å²) in [7, 11) is 0. The van der Waals surface area contributed by atoms with E-state index in [4.69, 9.17) is 0 Å². The van der Waals surface area contributed by atoms with Crippen LogP contribution >= 0.6 is 11.8 Å². The summed E-state index contributed by atoms with van der Waals surface area (Å²) >= 11 is 1.80. The monoisotopic (exact) mass is 214 g/mol. The molecule has 80 valence electrons. The molecule has 0 bridgehead atoms. The van der Waals surface area contributed by atoms with Gasteiger partial charge < -0.3 is 5.32 Å². The van der Waals surface area contributed by atoms with Gasteiger partial charge in [-0.15, -0.1) is 11.8 Å². The van der Waals surface area contributed by atoms with Crippen LogP contribution in [-0.2, 0) is 4.79 Å². The Labute approximate surface area is 89.4 Å². The highest BCUT2D eigenvalue weighted by atomic mass is 32.2. The van der Waals surface area contributed by atoms with E-state index in [9.17, 15) is 4.79 Å². The van der Waals surface area contributed by atoms with Gasteiger partial charge in [-0.05, 0) is 18.8 Å². The molecule has 0 aromatic heterocycles. The quantitative estimate of drug-likeness (QED) is 0.732. The fourth-order valence-electron chi connectivity index (χ4n) is 1.96. The molecular weight excluding hydrogens is 196 g/mol. The van der Waals surface area contributed by atoms with Crippen molar-refractivity contribution in [3.63, 3.8) is 0 Å². The van der Waals surface area contributed by atoms with Gasteiger partial charge in [0.05, 0.1) is 6.04 Å². The summed E-state index contributed by atoms with van der Waals surface area (Å²) in [6.07, 6.45) is 3.69. The van der Waals surface area contributed by atoms with Crippen molar-refractivity contribution >= 4 is 17.7 Å². The minimum absolute atomic E-state index is 0.0582. The highest BCUT2D eigenvalue weighted by molar-refractivity contribution is 7.99. The number of rotatable bonds is 4. The Balaban J connectivity index is 1.68. The van der Waals surface area contributed by atoms with Crippen molar-refractivity contribution in [3.05, 3.63) is 0 Å². The normalized spacial score (nSPS) is 35.6. The summed E-state index contributed by atoms with van der Waals surface area (Å²) in [6.45, 7) is 2.20. The summed E-state index contributed by atoms with van der Waals surface area (Å²) in [5.74, 6) is 2.81. The molecule has 0 aromatic rings. The molecule has 1 saturated heterocycles. The minimum atomic E-state index is 0.0582. The Bertz CT molecular complexity index is 216. The fraction of sp³-hybridized carbons (Fsp3) is 0.900. The predicted octanol–water partition coefficient (Wildman–Crippen LogP) is 0.954. The second kappa shape index (κ2) is 4.53. The molecule has 2 N–H and O–H groups in total. The molecule has 0 radical (unpaired) electrons. The van der Waals surface area contributed by atoms with Crippen molar-refractivity contribution in [2.45, 2.75) is 38.3 Å². The van der Waals surface area contributed by atoms with Gasteiger partial charge in [0.25, 0.3) is 0 Å². The predicted molar refractivity (Wildman–Crippen MR) is 59.2 cm³/mol. The van der Waals surface area contributed by atoms with Crippen LogP contribution in [0.1, 0.15) is 26.2 Å². The molecular formula is C10H18N2OS. The Kier molecular flexibility index (Phi) is 3.34. The van der Waals surface area contributed by atoms with Crippen LogP contribution in [0.5, 0.6) is 0 Å². The van der Waals surface area contributed by atoms with Crippen LogP contribution in [0.15, 0.2) is 0 Å². The van der Waals surface area contributed by atoms with Crippen molar-refractivity contribution in [2.24, 2.45) is 5.92 Å². The van der Waals surface area contributed by atoms with E-state index in [0.29, 0.717) is 6.04 Å². The van der Waals surface area contributed by atoms with Gasteiger partial charge >= 0.3 is 0 Å². The molecule has 2 fully saturated rings. The topological polar surface area (TPSA) is 41.1 Å². The van der Waals surface area contributed by atoms with Crippen LogP contribution in [0.2, 0.25) is 0 Å². The molecule has 1 heterocycles. The SMILES string of the molecule is CCCC1CC1NC(=O)[C@H]1CSCN1. The molecule has 0 aromatic carbocycles. The molecule has 4 heteroatoms. The molecule has 3 atom stereocenters. The molecule has 3 nitrogen and oxygen atoms in total. The summed E-state index contributed by atoms with van der Waals surface area (Å²) in [5.41, 5.74) is 0. The average Bonchev–Trinajstić information content (AvgIpc) is 2.71. The van der Waals surface area contributed by atoms with E-state index in [1.54, 1.807) is 11.8 Å². The molecule has 2 aliphatic rings. The number of hydrogen-bond donors (Lipinski definition) is 2. The number of carbonyl (C=O) groups excluding carboxylic acids is 1. The summed E-state index contributed by atoms with van der Waals surface area (Å²) < 4.78 is 0. The summed E-state index contributed by atoms with van der Waals surface area (Å²) in [4.78, 5) is 11.7. The van der Waals surface area contributed by atoms with E-state index < -0.39 is 0 Å². The van der Waals surface area contributed by atoms with Crippen molar-refractivity contribution in [1.29, 1.82) is 0 Å². The number of amides is 1. The molecule has 1 aliphatic heterocycles. The van der Waals surface area contributed by atoms with E-state index in [1.807, 2.05) is 0 Å². The van der Waals surface area contributed by atoms with Gasteiger partial charge in [0.15, 0.2) is 0 Å². The maximum atomic E-state index is 11.7. The van der Waals surface area contributed by atoms with E-state index in [-0.39, 0.29) is 11.9 Å². The van der Waals surface area contributed by atoms with Gasteiger partial charge in [0, 0.05) is 17.7 Å². The maximum Gasteiger partial charge on any atom is 0.238 e. The number of nitrogens with one attached hydrogen (secondary N) is 2. The highest BCUT2D eigenvalue weighted by Gasteiger charge is 2.38. The van der Waals surface area contributed by atoms with Gasteiger partial charge in [-0.1, -0.05) is 13.3 Å². The fourth-order valence-corrected chi connectivity index (χ4v) is 2.90. The first kappa shape index (κ1) is 10.3. The third-order valence-corrected chi connectivity index (χ3v) is 3.88. The van der Waals surface area contributed by atoms with Crippen LogP contribution in [0, 0.1) is 5.92 Å². The van der Waals surface area contributed by atoms with E-state index in [2.05, 4.69) is 17.6 Å². The molecule has 14 heavy (non-hydrogen) atoms. The lowest BCUT2D eigenvalue weighted by atomic mass is 10.2. The Hall–Kier alpha value is -0.220. The zero-order chi connectivity index (χ0) is 9.97. The van der Waals surface area contributed by atoms with Crippen LogP contribution < -0.4 is 10.6 Å².